The fourth-order valence-corrected chi connectivity index (χ4v) is 1.66. The third-order valence-electron chi connectivity index (χ3n) is 2.33. The average molecular weight is 247 g/mol. The van der Waals surface area contributed by atoms with Gasteiger partial charge in [0.15, 0.2) is 0 Å². The van der Waals surface area contributed by atoms with E-state index in [1.807, 2.05) is 13.8 Å². The van der Waals surface area contributed by atoms with Gasteiger partial charge in [0.2, 0.25) is 0 Å². The highest BCUT2D eigenvalue weighted by molar-refractivity contribution is 5.52. The van der Waals surface area contributed by atoms with Gasteiger partial charge in [0, 0.05) is 12.1 Å². The Hall–Kier alpha value is -1.39. The van der Waals surface area contributed by atoms with E-state index in [-0.39, 0.29) is 13.0 Å². The molecule has 2 nitrogen and oxygen atoms in total. The number of nitrogens with two attached hydrogens (primary N) is 1. The third-order valence-corrected chi connectivity index (χ3v) is 2.33. The molecule has 1 aromatic rings. The van der Waals surface area contributed by atoms with Gasteiger partial charge in [-0.25, -0.2) is 0 Å². The second-order valence-electron chi connectivity index (χ2n) is 4.05. The first-order chi connectivity index (χ1) is 7.79. The number of hydrogen-bond donors (Lipinski definition) is 1. The lowest BCUT2D eigenvalue weighted by atomic mass is 10.1. The smallest absolute Gasteiger partial charge is 0.389 e. The van der Waals surface area contributed by atoms with Crippen LogP contribution < -0.4 is 10.5 Å². The van der Waals surface area contributed by atoms with Crippen molar-refractivity contribution in [2.45, 2.75) is 32.9 Å². The molecule has 17 heavy (non-hydrogen) atoms. The molecule has 0 fully saturated rings. The molecule has 0 aliphatic heterocycles. The molecule has 0 aliphatic carbocycles. The summed E-state index contributed by atoms with van der Waals surface area (Å²) in [5, 5.41) is 0. The van der Waals surface area contributed by atoms with Crippen LogP contribution in [0.2, 0.25) is 0 Å². The molecular formula is C12H16F3NO. The lowest BCUT2D eigenvalue weighted by Crippen LogP contribution is -2.10. The van der Waals surface area contributed by atoms with Gasteiger partial charge in [0.25, 0.3) is 0 Å². The zero-order valence-corrected chi connectivity index (χ0v) is 9.90. The van der Waals surface area contributed by atoms with Crippen LogP contribution in [0.25, 0.3) is 0 Å². The number of nitrogen functional groups attached to an aromatic ring is 1. The second-order valence-corrected chi connectivity index (χ2v) is 4.05. The van der Waals surface area contributed by atoms with Gasteiger partial charge in [-0.15, -0.1) is 0 Å². The molecule has 0 aliphatic rings. The predicted octanol–water partition coefficient (Wildman–Crippen LogP) is 3.61. The van der Waals surface area contributed by atoms with E-state index in [4.69, 9.17) is 10.5 Å². The summed E-state index contributed by atoms with van der Waals surface area (Å²) in [5.74, 6) is 0.626. The van der Waals surface area contributed by atoms with Crippen molar-refractivity contribution in [2.24, 2.45) is 0 Å². The largest absolute Gasteiger partial charge is 0.493 e. The van der Waals surface area contributed by atoms with E-state index < -0.39 is 12.6 Å². The summed E-state index contributed by atoms with van der Waals surface area (Å²) in [6.07, 6.45) is -4.97. The number of halogens is 3. The highest BCUT2D eigenvalue weighted by atomic mass is 19.4. The van der Waals surface area contributed by atoms with Gasteiger partial charge in [0.1, 0.15) is 5.75 Å². The molecule has 1 rings (SSSR count). The first kappa shape index (κ1) is 13.7. The van der Waals surface area contributed by atoms with Crippen molar-refractivity contribution in [3.63, 3.8) is 0 Å². The highest BCUT2D eigenvalue weighted by Gasteiger charge is 2.26. The number of ether oxygens (including phenoxy) is 1. The van der Waals surface area contributed by atoms with Crippen molar-refractivity contribution in [3.05, 3.63) is 23.3 Å². The minimum atomic E-state index is -4.12. The van der Waals surface area contributed by atoms with Crippen molar-refractivity contribution >= 4 is 5.69 Å². The van der Waals surface area contributed by atoms with E-state index in [9.17, 15) is 13.2 Å². The maximum Gasteiger partial charge on any atom is 0.389 e. The molecule has 0 bridgehead atoms. The first-order valence-electron chi connectivity index (χ1n) is 5.36. The minimum absolute atomic E-state index is 0.0350. The van der Waals surface area contributed by atoms with Crippen molar-refractivity contribution in [1.29, 1.82) is 0 Å². The van der Waals surface area contributed by atoms with Crippen LogP contribution >= 0.6 is 0 Å². The van der Waals surface area contributed by atoms with E-state index in [0.29, 0.717) is 11.4 Å². The van der Waals surface area contributed by atoms with E-state index >= 15 is 0 Å². The Bertz CT molecular complexity index is 365. The Morgan fingerprint density at radius 1 is 1.18 bits per heavy atom. The molecule has 0 amide bonds. The Labute approximate surface area is 98.6 Å². The number of rotatable bonds is 4. The third kappa shape index (κ3) is 4.54. The molecule has 96 valence electrons. The lowest BCUT2D eigenvalue weighted by Gasteiger charge is -2.13. The number of anilines is 1. The molecule has 0 spiro atoms. The predicted molar refractivity (Wildman–Crippen MR) is 61.1 cm³/mol. The van der Waals surface area contributed by atoms with E-state index in [2.05, 4.69) is 0 Å². The van der Waals surface area contributed by atoms with Crippen LogP contribution in [0.4, 0.5) is 18.9 Å². The maximum atomic E-state index is 11.9. The standard InChI is InChI=1S/C12H16F3NO/c1-8-6-10(16)7-9(2)11(8)17-5-3-4-12(13,14)15/h6-7H,3-5,16H2,1-2H3. The fourth-order valence-electron chi connectivity index (χ4n) is 1.66. The van der Waals surface area contributed by atoms with Crippen LogP contribution in [0.3, 0.4) is 0 Å². The Kier molecular flexibility index (Phi) is 4.26. The van der Waals surface area contributed by atoms with E-state index in [1.54, 1.807) is 12.1 Å². The van der Waals surface area contributed by atoms with Crippen LogP contribution in [-0.4, -0.2) is 12.8 Å². The highest BCUT2D eigenvalue weighted by Crippen LogP contribution is 2.27. The van der Waals surface area contributed by atoms with Gasteiger partial charge in [-0.2, -0.15) is 13.2 Å². The second kappa shape index (κ2) is 5.29. The van der Waals surface area contributed by atoms with Gasteiger partial charge >= 0.3 is 6.18 Å². The molecule has 0 atom stereocenters. The van der Waals surface area contributed by atoms with Gasteiger partial charge < -0.3 is 10.5 Å². The summed E-state index contributed by atoms with van der Waals surface area (Å²) in [4.78, 5) is 0. The SMILES string of the molecule is Cc1cc(N)cc(C)c1OCCCC(F)(F)F. The van der Waals surface area contributed by atoms with Crippen LogP contribution in [0.15, 0.2) is 12.1 Å². The number of aryl methyl sites for hydroxylation is 2. The molecular weight excluding hydrogens is 231 g/mol. The molecule has 5 heteroatoms. The van der Waals surface area contributed by atoms with Gasteiger partial charge in [-0.05, 0) is 43.5 Å². The van der Waals surface area contributed by atoms with Crippen molar-refractivity contribution < 1.29 is 17.9 Å². The normalized spacial score (nSPS) is 11.6. The molecule has 2 N–H and O–H groups in total. The monoisotopic (exact) mass is 247 g/mol. The van der Waals surface area contributed by atoms with Crippen molar-refractivity contribution in [3.8, 4) is 5.75 Å². The summed E-state index contributed by atoms with van der Waals surface area (Å²) in [6.45, 7) is 3.70. The van der Waals surface area contributed by atoms with Crippen LogP contribution in [0.1, 0.15) is 24.0 Å². The van der Waals surface area contributed by atoms with Gasteiger partial charge in [0.05, 0.1) is 6.61 Å². The molecule has 1 aromatic carbocycles. The van der Waals surface area contributed by atoms with Gasteiger partial charge in [-0.3, -0.25) is 0 Å². The zero-order valence-electron chi connectivity index (χ0n) is 9.90. The van der Waals surface area contributed by atoms with Crippen LogP contribution in [0, 0.1) is 13.8 Å². The molecule has 0 aromatic heterocycles. The molecule has 0 saturated heterocycles. The summed E-state index contributed by atoms with van der Waals surface area (Å²) in [5.41, 5.74) is 7.95. The van der Waals surface area contributed by atoms with Gasteiger partial charge in [-0.1, -0.05) is 0 Å². The molecule has 0 saturated carbocycles. The zero-order chi connectivity index (χ0) is 13.1. The van der Waals surface area contributed by atoms with E-state index in [1.165, 1.54) is 0 Å². The number of benzene rings is 1. The van der Waals surface area contributed by atoms with E-state index in [0.717, 1.165) is 11.1 Å². The molecule has 0 heterocycles. The lowest BCUT2D eigenvalue weighted by molar-refractivity contribution is -0.136. The Balaban J connectivity index is 2.53. The van der Waals surface area contributed by atoms with Crippen molar-refractivity contribution in [2.75, 3.05) is 12.3 Å². The first-order valence-corrected chi connectivity index (χ1v) is 5.36. The summed E-state index contributed by atoms with van der Waals surface area (Å²) >= 11 is 0. The van der Waals surface area contributed by atoms with Crippen molar-refractivity contribution in [1.82, 2.24) is 0 Å². The quantitative estimate of drug-likeness (QED) is 0.651. The summed E-state index contributed by atoms with van der Waals surface area (Å²) in [6, 6.07) is 3.48. The molecule has 0 radical (unpaired) electrons. The fraction of sp³-hybridized carbons (Fsp3) is 0.500. The summed E-state index contributed by atoms with van der Waals surface area (Å²) in [7, 11) is 0. The minimum Gasteiger partial charge on any atom is -0.493 e. The maximum absolute atomic E-state index is 11.9. The number of alkyl halides is 3. The Morgan fingerprint density at radius 2 is 1.71 bits per heavy atom. The Morgan fingerprint density at radius 3 is 2.18 bits per heavy atom. The average Bonchev–Trinajstić information content (AvgIpc) is 2.13. The number of hydrogen-bond acceptors (Lipinski definition) is 2. The topological polar surface area (TPSA) is 35.2 Å². The molecule has 0 unspecified atom stereocenters. The van der Waals surface area contributed by atoms with Crippen LogP contribution in [0.5, 0.6) is 5.75 Å². The summed E-state index contributed by atoms with van der Waals surface area (Å²) < 4.78 is 41.1. The van der Waals surface area contributed by atoms with Crippen LogP contribution in [-0.2, 0) is 0 Å².